The van der Waals surface area contributed by atoms with Gasteiger partial charge in [0.25, 0.3) is 0 Å². The molecule has 4 heteroatoms. The van der Waals surface area contributed by atoms with Gasteiger partial charge in [-0.05, 0) is 37.5 Å². The van der Waals surface area contributed by atoms with Crippen molar-refractivity contribution in [2.24, 2.45) is 5.73 Å². The fraction of sp³-hybridized carbons (Fsp3) is 0.625. The van der Waals surface area contributed by atoms with E-state index in [1.165, 1.54) is 12.8 Å². The Balaban J connectivity index is 2.06. The van der Waals surface area contributed by atoms with E-state index in [0.717, 1.165) is 29.9 Å². The lowest BCUT2D eigenvalue weighted by molar-refractivity contribution is -0.0328. The summed E-state index contributed by atoms with van der Waals surface area (Å²) in [5.41, 5.74) is 7.22. The first-order valence-corrected chi connectivity index (χ1v) is 7.28. The van der Waals surface area contributed by atoms with Crippen molar-refractivity contribution in [3.63, 3.8) is 0 Å². The Kier molecular flexibility index (Phi) is 5.26. The third-order valence-electron chi connectivity index (χ3n) is 4.01. The molecule has 112 valence electrons. The third kappa shape index (κ3) is 3.44. The summed E-state index contributed by atoms with van der Waals surface area (Å²) < 4.78 is 16.7. The number of nitrogens with two attached hydrogens (primary N) is 1. The zero-order valence-electron chi connectivity index (χ0n) is 12.6. The van der Waals surface area contributed by atoms with Crippen LogP contribution in [0.25, 0.3) is 0 Å². The lowest BCUT2D eigenvalue weighted by Crippen LogP contribution is -2.39. The topological polar surface area (TPSA) is 53.7 Å². The van der Waals surface area contributed by atoms with Crippen molar-refractivity contribution in [2.45, 2.75) is 50.9 Å². The molecule has 1 fully saturated rings. The smallest absolute Gasteiger partial charge is 0.161 e. The fourth-order valence-corrected chi connectivity index (χ4v) is 2.74. The molecule has 0 spiro atoms. The summed E-state index contributed by atoms with van der Waals surface area (Å²) in [5, 5.41) is 0. The SMILES string of the molecule is COc1ccc(C(C)O[C@H]2CCCC[C@H]2N)cc1OC. The van der Waals surface area contributed by atoms with Crippen molar-refractivity contribution in [2.75, 3.05) is 14.2 Å². The Bertz CT molecular complexity index is 436. The highest BCUT2D eigenvalue weighted by atomic mass is 16.5. The van der Waals surface area contributed by atoms with Gasteiger partial charge in [0.1, 0.15) is 0 Å². The van der Waals surface area contributed by atoms with Crippen LogP contribution < -0.4 is 15.2 Å². The Morgan fingerprint density at radius 3 is 2.45 bits per heavy atom. The van der Waals surface area contributed by atoms with Crippen LogP contribution in [0.4, 0.5) is 0 Å². The molecule has 2 N–H and O–H groups in total. The summed E-state index contributed by atoms with van der Waals surface area (Å²) in [4.78, 5) is 0. The third-order valence-corrected chi connectivity index (χ3v) is 4.01. The largest absolute Gasteiger partial charge is 0.493 e. The lowest BCUT2D eigenvalue weighted by Gasteiger charge is -2.31. The van der Waals surface area contributed by atoms with E-state index in [0.29, 0.717) is 0 Å². The monoisotopic (exact) mass is 279 g/mol. The molecule has 4 nitrogen and oxygen atoms in total. The standard InChI is InChI=1S/C16H25NO3/c1-11(20-14-7-5-4-6-13(14)17)12-8-9-15(18-2)16(10-12)19-3/h8-11,13-14H,4-7,17H2,1-3H3/t11?,13-,14+/m1/s1. The Morgan fingerprint density at radius 1 is 1.10 bits per heavy atom. The molecule has 2 rings (SSSR count). The molecule has 0 radical (unpaired) electrons. The number of methoxy groups -OCH3 is 2. The van der Waals surface area contributed by atoms with Crippen molar-refractivity contribution in [3.8, 4) is 11.5 Å². The van der Waals surface area contributed by atoms with Crippen molar-refractivity contribution in [3.05, 3.63) is 23.8 Å². The molecule has 0 amide bonds. The second-order valence-electron chi connectivity index (χ2n) is 5.38. The van der Waals surface area contributed by atoms with Gasteiger partial charge >= 0.3 is 0 Å². The predicted octanol–water partition coefficient (Wildman–Crippen LogP) is 3.05. The molecule has 0 aliphatic heterocycles. The zero-order valence-corrected chi connectivity index (χ0v) is 12.6. The van der Waals surface area contributed by atoms with Gasteiger partial charge in [0.2, 0.25) is 0 Å². The van der Waals surface area contributed by atoms with Crippen LogP contribution in [0.1, 0.15) is 44.3 Å². The van der Waals surface area contributed by atoms with Crippen LogP contribution in [-0.2, 0) is 4.74 Å². The van der Waals surface area contributed by atoms with E-state index in [1.54, 1.807) is 14.2 Å². The van der Waals surface area contributed by atoms with Gasteiger partial charge in [-0.3, -0.25) is 0 Å². The van der Waals surface area contributed by atoms with E-state index in [-0.39, 0.29) is 18.2 Å². The van der Waals surface area contributed by atoms with Gasteiger partial charge in [-0.1, -0.05) is 18.9 Å². The maximum atomic E-state index is 6.14. The molecule has 1 aliphatic rings. The van der Waals surface area contributed by atoms with Gasteiger partial charge < -0.3 is 19.9 Å². The number of rotatable bonds is 5. The van der Waals surface area contributed by atoms with Crippen LogP contribution in [0.2, 0.25) is 0 Å². The summed E-state index contributed by atoms with van der Waals surface area (Å²) in [7, 11) is 3.28. The van der Waals surface area contributed by atoms with E-state index in [2.05, 4.69) is 6.92 Å². The molecule has 20 heavy (non-hydrogen) atoms. The van der Waals surface area contributed by atoms with Gasteiger partial charge in [0, 0.05) is 6.04 Å². The van der Waals surface area contributed by atoms with Crippen molar-refractivity contribution in [1.29, 1.82) is 0 Å². The van der Waals surface area contributed by atoms with Gasteiger partial charge in [-0.25, -0.2) is 0 Å². The number of hydrogen-bond donors (Lipinski definition) is 1. The molecule has 1 unspecified atom stereocenters. The predicted molar refractivity (Wildman–Crippen MR) is 79.3 cm³/mol. The number of ether oxygens (including phenoxy) is 3. The Morgan fingerprint density at radius 2 is 1.80 bits per heavy atom. The lowest BCUT2D eigenvalue weighted by atomic mass is 9.93. The van der Waals surface area contributed by atoms with Crippen LogP contribution in [-0.4, -0.2) is 26.4 Å². The zero-order chi connectivity index (χ0) is 14.5. The summed E-state index contributed by atoms with van der Waals surface area (Å²) >= 11 is 0. The van der Waals surface area contributed by atoms with Crippen LogP contribution in [0.5, 0.6) is 11.5 Å². The molecular formula is C16H25NO3. The quantitative estimate of drug-likeness (QED) is 0.900. The van der Waals surface area contributed by atoms with Gasteiger partial charge in [-0.2, -0.15) is 0 Å². The minimum absolute atomic E-state index is 0.00366. The second-order valence-corrected chi connectivity index (χ2v) is 5.38. The molecule has 1 aromatic carbocycles. The average molecular weight is 279 g/mol. The number of benzene rings is 1. The van der Waals surface area contributed by atoms with E-state index in [9.17, 15) is 0 Å². The Labute approximate surface area is 121 Å². The van der Waals surface area contributed by atoms with E-state index in [4.69, 9.17) is 19.9 Å². The molecule has 0 heterocycles. The normalized spacial score (nSPS) is 24.2. The second kappa shape index (κ2) is 6.95. The highest BCUT2D eigenvalue weighted by Gasteiger charge is 2.25. The van der Waals surface area contributed by atoms with E-state index >= 15 is 0 Å². The Hall–Kier alpha value is -1.26. The van der Waals surface area contributed by atoms with Crippen LogP contribution in [0.3, 0.4) is 0 Å². The van der Waals surface area contributed by atoms with Gasteiger partial charge in [0.15, 0.2) is 11.5 Å². The number of hydrogen-bond acceptors (Lipinski definition) is 4. The van der Waals surface area contributed by atoms with Crippen molar-refractivity contribution in [1.82, 2.24) is 0 Å². The van der Waals surface area contributed by atoms with Gasteiger partial charge in [0.05, 0.1) is 26.4 Å². The minimum Gasteiger partial charge on any atom is -0.493 e. The first-order chi connectivity index (χ1) is 9.65. The summed E-state index contributed by atoms with van der Waals surface area (Å²) in [6.45, 7) is 2.06. The minimum atomic E-state index is 0.00366. The summed E-state index contributed by atoms with van der Waals surface area (Å²) in [6, 6.07) is 6.05. The summed E-state index contributed by atoms with van der Waals surface area (Å²) in [6.07, 6.45) is 4.70. The molecule has 1 saturated carbocycles. The first kappa shape index (κ1) is 15.1. The van der Waals surface area contributed by atoms with Crippen molar-refractivity contribution < 1.29 is 14.2 Å². The van der Waals surface area contributed by atoms with E-state index in [1.807, 2.05) is 18.2 Å². The molecule has 0 aromatic heterocycles. The molecule has 0 bridgehead atoms. The summed E-state index contributed by atoms with van der Waals surface area (Å²) in [5.74, 6) is 1.46. The van der Waals surface area contributed by atoms with Crippen LogP contribution in [0.15, 0.2) is 18.2 Å². The van der Waals surface area contributed by atoms with Gasteiger partial charge in [-0.15, -0.1) is 0 Å². The molecule has 3 atom stereocenters. The molecule has 1 aliphatic carbocycles. The maximum Gasteiger partial charge on any atom is 0.161 e. The van der Waals surface area contributed by atoms with Crippen LogP contribution in [0, 0.1) is 0 Å². The van der Waals surface area contributed by atoms with Crippen molar-refractivity contribution >= 4 is 0 Å². The molecular weight excluding hydrogens is 254 g/mol. The highest BCUT2D eigenvalue weighted by molar-refractivity contribution is 5.43. The average Bonchev–Trinajstić information content (AvgIpc) is 2.48. The van der Waals surface area contributed by atoms with E-state index < -0.39 is 0 Å². The molecule has 1 aromatic rings. The van der Waals surface area contributed by atoms with Crippen LogP contribution >= 0.6 is 0 Å². The molecule has 0 saturated heterocycles. The first-order valence-electron chi connectivity index (χ1n) is 7.28. The maximum absolute atomic E-state index is 6.14. The fourth-order valence-electron chi connectivity index (χ4n) is 2.74. The highest BCUT2D eigenvalue weighted by Crippen LogP contribution is 2.32.